The Morgan fingerprint density at radius 1 is 1.38 bits per heavy atom. The number of aryl methyl sites for hydroxylation is 1. The molecule has 0 unspecified atom stereocenters. The Morgan fingerprint density at radius 2 is 2.00 bits per heavy atom. The lowest BCUT2D eigenvalue weighted by molar-refractivity contribution is 0.0696. The normalized spacial score (nSPS) is 12.1. The zero-order valence-corrected chi connectivity index (χ0v) is 13.5. The van der Waals surface area contributed by atoms with E-state index in [9.17, 15) is 13.2 Å². The molecule has 0 spiro atoms. The number of nitrogens with zero attached hydrogens (tertiary/aromatic N) is 1. The predicted molar refractivity (Wildman–Crippen MR) is 79.0 cm³/mol. The summed E-state index contributed by atoms with van der Waals surface area (Å²) in [4.78, 5) is 11.1. The number of methoxy groups -OCH3 is 1. The summed E-state index contributed by atoms with van der Waals surface area (Å²) in [6.45, 7) is 5.67. The largest absolute Gasteiger partial charge is 0.478 e. The van der Waals surface area contributed by atoms with Gasteiger partial charge in [0.2, 0.25) is 10.0 Å². The zero-order valence-electron chi connectivity index (χ0n) is 12.7. The maximum Gasteiger partial charge on any atom is 0.335 e. The highest BCUT2D eigenvalue weighted by Crippen LogP contribution is 2.23. The minimum atomic E-state index is -3.77. The molecular formula is C14H21NO5S. The van der Waals surface area contributed by atoms with Gasteiger partial charge in [0.05, 0.1) is 17.1 Å². The van der Waals surface area contributed by atoms with Crippen molar-refractivity contribution in [2.24, 2.45) is 0 Å². The summed E-state index contributed by atoms with van der Waals surface area (Å²) in [5.74, 6) is -1.15. The predicted octanol–water partition coefficient (Wildman–Crippen LogP) is 1.74. The van der Waals surface area contributed by atoms with Gasteiger partial charge >= 0.3 is 5.97 Å². The molecule has 1 rings (SSSR count). The van der Waals surface area contributed by atoms with Crippen LogP contribution in [0.1, 0.15) is 29.8 Å². The topological polar surface area (TPSA) is 83.9 Å². The lowest BCUT2D eigenvalue weighted by atomic mass is 10.1. The summed E-state index contributed by atoms with van der Waals surface area (Å²) in [6.07, 6.45) is 0. The first-order chi connectivity index (χ1) is 9.71. The Balaban J connectivity index is 3.33. The van der Waals surface area contributed by atoms with Gasteiger partial charge < -0.3 is 9.84 Å². The van der Waals surface area contributed by atoms with Gasteiger partial charge in [-0.05, 0) is 38.5 Å². The van der Waals surface area contributed by atoms with E-state index in [2.05, 4.69) is 0 Å². The van der Waals surface area contributed by atoms with Crippen LogP contribution in [0.15, 0.2) is 23.1 Å². The Labute approximate surface area is 125 Å². The van der Waals surface area contributed by atoms with Crippen LogP contribution in [0.25, 0.3) is 0 Å². The van der Waals surface area contributed by atoms with E-state index < -0.39 is 16.0 Å². The van der Waals surface area contributed by atoms with Crippen LogP contribution in [-0.4, -0.2) is 50.1 Å². The van der Waals surface area contributed by atoms with Gasteiger partial charge in [0.15, 0.2) is 0 Å². The highest BCUT2D eigenvalue weighted by molar-refractivity contribution is 7.89. The van der Waals surface area contributed by atoms with Crippen molar-refractivity contribution in [1.29, 1.82) is 0 Å². The second kappa shape index (κ2) is 7.02. The van der Waals surface area contributed by atoms with Crippen molar-refractivity contribution in [2.75, 3.05) is 20.3 Å². The van der Waals surface area contributed by atoms with Gasteiger partial charge in [0, 0.05) is 19.7 Å². The third-order valence-corrected chi connectivity index (χ3v) is 5.33. The van der Waals surface area contributed by atoms with Crippen LogP contribution in [0.5, 0.6) is 0 Å². The van der Waals surface area contributed by atoms with Crippen molar-refractivity contribution in [3.05, 3.63) is 29.3 Å². The number of rotatable bonds is 7. The van der Waals surface area contributed by atoms with E-state index in [0.717, 1.165) is 0 Å². The summed E-state index contributed by atoms with van der Waals surface area (Å²) in [5.41, 5.74) is 0.470. The summed E-state index contributed by atoms with van der Waals surface area (Å²) >= 11 is 0. The van der Waals surface area contributed by atoms with Crippen molar-refractivity contribution in [3.63, 3.8) is 0 Å². The number of sulfonamides is 1. The maximum atomic E-state index is 12.8. The zero-order chi connectivity index (χ0) is 16.2. The first-order valence-electron chi connectivity index (χ1n) is 6.56. The van der Waals surface area contributed by atoms with Gasteiger partial charge in [-0.1, -0.05) is 6.07 Å². The number of carboxylic acids is 1. The standard InChI is InChI=1S/C14H21NO5S/c1-10(2)15(7-8-20-4)21(18,19)13-9-12(14(16)17)6-5-11(13)3/h5-6,9-10H,7-8H2,1-4H3,(H,16,17). The van der Waals surface area contributed by atoms with Crippen LogP contribution >= 0.6 is 0 Å². The molecule has 0 saturated heterocycles. The van der Waals surface area contributed by atoms with E-state index in [1.807, 2.05) is 0 Å². The number of carboxylic acid groups (broad SMARTS) is 1. The molecule has 0 radical (unpaired) electrons. The molecule has 0 bridgehead atoms. The monoisotopic (exact) mass is 315 g/mol. The van der Waals surface area contributed by atoms with E-state index in [1.165, 1.54) is 29.6 Å². The van der Waals surface area contributed by atoms with E-state index in [-0.39, 0.29) is 29.7 Å². The first kappa shape index (κ1) is 17.6. The lowest BCUT2D eigenvalue weighted by Gasteiger charge is -2.26. The summed E-state index contributed by atoms with van der Waals surface area (Å²) < 4.78 is 31.8. The minimum absolute atomic E-state index is 0.0206. The Morgan fingerprint density at radius 3 is 2.48 bits per heavy atom. The third kappa shape index (κ3) is 4.03. The van der Waals surface area contributed by atoms with E-state index in [4.69, 9.17) is 9.84 Å². The summed E-state index contributed by atoms with van der Waals surface area (Å²) in [6, 6.07) is 3.85. The molecule has 0 aliphatic rings. The Hall–Kier alpha value is -1.44. The molecule has 7 heteroatoms. The van der Waals surface area contributed by atoms with Gasteiger partial charge in [0.25, 0.3) is 0 Å². The number of benzene rings is 1. The molecule has 1 aromatic carbocycles. The molecule has 0 aliphatic carbocycles. The average molecular weight is 315 g/mol. The molecule has 118 valence electrons. The molecule has 6 nitrogen and oxygen atoms in total. The van der Waals surface area contributed by atoms with Crippen LogP contribution in [0.3, 0.4) is 0 Å². The fraction of sp³-hybridized carbons (Fsp3) is 0.500. The second-order valence-corrected chi connectivity index (χ2v) is 6.85. The van der Waals surface area contributed by atoms with Crippen molar-refractivity contribution >= 4 is 16.0 Å². The molecular weight excluding hydrogens is 294 g/mol. The molecule has 0 aromatic heterocycles. The SMILES string of the molecule is COCCN(C(C)C)S(=O)(=O)c1cc(C(=O)O)ccc1C. The quantitative estimate of drug-likeness (QED) is 0.828. The minimum Gasteiger partial charge on any atom is -0.478 e. The second-order valence-electron chi connectivity index (χ2n) is 4.99. The van der Waals surface area contributed by atoms with Crippen LogP contribution in [-0.2, 0) is 14.8 Å². The maximum absolute atomic E-state index is 12.8. The van der Waals surface area contributed by atoms with Crippen LogP contribution in [0, 0.1) is 6.92 Å². The summed E-state index contributed by atoms with van der Waals surface area (Å²) in [7, 11) is -2.27. The van der Waals surface area contributed by atoms with Crippen molar-refractivity contribution in [2.45, 2.75) is 31.7 Å². The highest BCUT2D eigenvalue weighted by Gasteiger charge is 2.28. The van der Waals surface area contributed by atoms with Gasteiger partial charge in [-0.25, -0.2) is 13.2 Å². The van der Waals surface area contributed by atoms with Gasteiger partial charge in [0.1, 0.15) is 0 Å². The first-order valence-corrected chi connectivity index (χ1v) is 8.00. The molecule has 0 amide bonds. The van der Waals surface area contributed by atoms with Crippen molar-refractivity contribution in [1.82, 2.24) is 4.31 Å². The summed E-state index contributed by atoms with van der Waals surface area (Å²) in [5, 5.41) is 9.03. The van der Waals surface area contributed by atoms with E-state index in [1.54, 1.807) is 20.8 Å². The van der Waals surface area contributed by atoms with Crippen LogP contribution < -0.4 is 0 Å². The lowest BCUT2D eigenvalue weighted by Crippen LogP contribution is -2.39. The molecule has 0 aliphatic heterocycles. The molecule has 0 fully saturated rings. The Bertz CT molecular complexity index is 610. The third-order valence-electron chi connectivity index (χ3n) is 3.11. The van der Waals surface area contributed by atoms with E-state index in [0.29, 0.717) is 5.56 Å². The van der Waals surface area contributed by atoms with Crippen LogP contribution in [0.2, 0.25) is 0 Å². The number of hydrogen-bond acceptors (Lipinski definition) is 4. The molecule has 0 atom stereocenters. The van der Waals surface area contributed by atoms with Crippen molar-refractivity contribution < 1.29 is 23.1 Å². The fourth-order valence-electron chi connectivity index (χ4n) is 1.97. The number of aromatic carboxylic acids is 1. The van der Waals surface area contributed by atoms with Gasteiger partial charge in [-0.3, -0.25) is 0 Å². The molecule has 0 saturated carbocycles. The van der Waals surface area contributed by atoms with E-state index >= 15 is 0 Å². The fourth-order valence-corrected chi connectivity index (χ4v) is 3.85. The Kier molecular flexibility index (Phi) is 5.88. The van der Waals surface area contributed by atoms with Crippen LogP contribution in [0.4, 0.5) is 0 Å². The number of carbonyl (C=O) groups is 1. The molecule has 1 N–H and O–H groups in total. The number of hydrogen-bond donors (Lipinski definition) is 1. The highest BCUT2D eigenvalue weighted by atomic mass is 32.2. The smallest absolute Gasteiger partial charge is 0.335 e. The molecule has 0 heterocycles. The van der Waals surface area contributed by atoms with Crippen molar-refractivity contribution in [3.8, 4) is 0 Å². The van der Waals surface area contributed by atoms with Gasteiger partial charge in [-0.2, -0.15) is 4.31 Å². The number of ether oxygens (including phenoxy) is 1. The molecule has 1 aromatic rings. The molecule has 21 heavy (non-hydrogen) atoms. The average Bonchev–Trinajstić information content (AvgIpc) is 2.38. The van der Waals surface area contributed by atoms with Gasteiger partial charge in [-0.15, -0.1) is 0 Å².